The summed E-state index contributed by atoms with van der Waals surface area (Å²) in [5.74, 6) is 0.941. The highest BCUT2D eigenvalue weighted by molar-refractivity contribution is 6.29. The van der Waals surface area contributed by atoms with Crippen molar-refractivity contribution in [2.75, 3.05) is 0 Å². The van der Waals surface area contributed by atoms with Gasteiger partial charge in [0.1, 0.15) is 17.6 Å². The van der Waals surface area contributed by atoms with E-state index < -0.39 is 0 Å². The van der Waals surface area contributed by atoms with Crippen molar-refractivity contribution >= 4 is 28.5 Å². The summed E-state index contributed by atoms with van der Waals surface area (Å²) in [6.45, 7) is 2.37. The van der Waals surface area contributed by atoms with Crippen LogP contribution in [-0.2, 0) is 31.2 Å². The molecule has 0 radical (unpaired) electrons. The Morgan fingerprint density at radius 2 is 2.32 bits per heavy atom. The normalized spacial score (nSPS) is 16.8. The molecular formula is C19H20ClN3O2. The molecule has 0 amide bonds. The lowest BCUT2D eigenvalue weighted by atomic mass is 9.87. The van der Waals surface area contributed by atoms with Gasteiger partial charge in [-0.25, -0.2) is 9.78 Å². The van der Waals surface area contributed by atoms with Crippen LogP contribution < -0.4 is 0 Å². The Morgan fingerprint density at radius 3 is 3.08 bits per heavy atom. The highest BCUT2D eigenvalue weighted by Gasteiger charge is 2.23. The summed E-state index contributed by atoms with van der Waals surface area (Å²) in [6, 6.07) is 5.81. The van der Waals surface area contributed by atoms with Crippen LogP contribution in [-0.4, -0.2) is 20.5 Å². The lowest BCUT2D eigenvalue weighted by molar-refractivity contribution is 0.0461. The Morgan fingerprint density at radius 1 is 1.48 bits per heavy atom. The van der Waals surface area contributed by atoms with Crippen molar-refractivity contribution in [2.24, 2.45) is 13.0 Å². The first-order chi connectivity index (χ1) is 12.0. The number of fused-ring (bicyclic) bond motifs is 3. The molecule has 25 heavy (non-hydrogen) atoms. The number of aryl methyl sites for hydroxylation is 1. The highest BCUT2D eigenvalue weighted by atomic mass is 35.5. The van der Waals surface area contributed by atoms with Crippen molar-refractivity contribution < 1.29 is 9.53 Å². The van der Waals surface area contributed by atoms with Crippen LogP contribution in [0.15, 0.2) is 24.4 Å². The van der Waals surface area contributed by atoms with E-state index in [4.69, 9.17) is 16.3 Å². The molecule has 1 aromatic carbocycles. The van der Waals surface area contributed by atoms with Crippen LogP contribution in [0.4, 0.5) is 0 Å². The van der Waals surface area contributed by atoms with Crippen molar-refractivity contribution in [1.82, 2.24) is 14.5 Å². The number of benzene rings is 1. The molecule has 6 heteroatoms. The van der Waals surface area contributed by atoms with Gasteiger partial charge in [-0.15, -0.1) is 0 Å². The molecule has 3 aromatic rings. The number of esters is 1. The zero-order valence-electron chi connectivity index (χ0n) is 14.3. The van der Waals surface area contributed by atoms with Gasteiger partial charge in [-0.1, -0.05) is 30.7 Å². The molecule has 2 heterocycles. The quantitative estimate of drug-likeness (QED) is 0.720. The molecule has 0 saturated heterocycles. The number of nitrogens with one attached hydrogen (secondary N) is 1. The van der Waals surface area contributed by atoms with Gasteiger partial charge in [0.25, 0.3) is 0 Å². The van der Waals surface area contributed by atoms with Gasteiger partial charge >= 0.3 is 5.97 Å². The average molecular weight is 358 g/mol. The zero-order chi connectivity index (χ0) is 17.6. The van der Waals surface area contributed by atoms with E-state index in [0.29, 0.717) is 22.5 Å². The molecule has 0 fully saturated rings. The van der Waals surface area contributed by atoms with Gasteiger partial charge in [0, 0.05) is 18.1 Å². The lowest BCUT2D eigenvalue weighted by Gasteiger charge is -2.17. The first-order valence-electron chi connectivity index (χ1n) is 8.50. The number of halogens is 1. The maximum atomic E-state index is 12.6. The van der Waals surface area contributed by atoms with E-state index in [1.807, 2.05) is 6.07 Å². The van der Waals surface area contributed by atoms with Gasteiger partial charge in [-0.3, -0.25) is 0 Å². The van der Waals surface area contributed by atoms with Gasteiger partial charge in [0.2, 0.25) is 0 Å². The third kappa shape index (κ3) is 2.82. The fourth-order valence-electron chi connectivity index (χ4n) is 3.55. The minimum Gasteiger partial charge on any atom is -0.454 e. The molecule has 2 aromatic heterocycles. The number of hydrogen-bond donors (Lipinski definition) is 1. The molecule has 0 unspecified atom stereocenters. The fourth-order valence-corrected chi connectivity index (χ4v) is 3.70. The predicted molar refractivity (Wildman–Crippen MR) is 96.8 cm³/mol. The Kier molecular flexibility index (Phi) is 4.04. The van der Waals surface area contributed by atoms with Gasteiger partial charge in [-0.05, 0) is 36.8 Å². The summed E-state index contributed by atoms with van der Waals surface area (Å²) in [4.78, 5) is 20.2. The number of H-pyrrole nitrogens is 1. The standard InChI is InChI=1S/C19H20ClN3O2/c1-11-6-7-15-14(8-11)12-4-3-5-13(18(12)22-15)19(24)25-10-17-21-9-16(20)23(17)2/h3-5,9,11,22H,6-8,10H2,1-2H3/t11-/m1/s1. The van der Waals surface area contributed by atoms with E-state index in [2.05, 4.69) is 23.0 Å². The SMILES string of the molecule is C[C@@H]1CCc2[nH]c3c(C(=O)OCc4ncc(Cl)n4C)cccc3c2C1. The Balaban J connectivity index is 1.62. The van der Waals surface area contributed by atoms with E-state index in [-0.39, 0.29) is 12.6 Å². The molecular weight excluding hydrogens is 338 g/mol. The predicted octanol–water partition coefficient (Wildman–Crippen LogP) is 4.04. The minimum atomic E-state index is -0.351. The van der Waals surface area contributed by atoms with Crippen LogP contribution in [0.5, 0.6) is 0 Å². The monoisotopic (exact) mass is 357 g/mol. The van der Waals surface area contributed by atoms with Gasteiger partial charge < -0.3 is 14.3 Å². The van der Waals surface area contributed by atoms with E-state index in [1.54, 1.807) is 23.9 Å². The summed E-state index contributed by atoms with van der Waals surface area (Å²) in [5.41, 5.74) is 4.05. The third-order valence-electron chi connectivity index (χ3n) is 5.05. The van der Waals surface area contributed by atoms with Gasteiger partial charge in [0.05, 0.1) is 17.3 Å². The van der Waals surface area contributed by atoms with Crippen molar-refractivity contribution in [3.63, 3.8) is 0 Å². The van der Waals surface area contributed by atoms with Crippen LogP contribution in [0.3, 0.4) is 0 Å². The number of carbonyl (C=O) groups is 1. The van der Waals surface area contributed by atoms with E-state index >= 15 is 0 Å². The summed E-state index contributed by atoms with van der Waals surface area (Å²) < 4.78 is 7.17. The second-order valence-corrected chi connectivity index (χ2v) is 7.18. The Labute approximate surface area is 151 Å². The van der Waals surface area contributed by atoms with E-state index in [1.165, 1.54) is 17.7 Å². The average Bonchev–Trinajstić information content (AvgIpc) is 3.13. The minimum absolute atomic E-state index is 0.0932. The van der Waals surface area contributed by atoms with Crippen LogP contribution >= 0.6 is 11.6 Å². The van der Waals surface area contributed by atoms with Gasteiger partial charge in [0.15, 0.2) is 0 Å². The fraction of sp³-hybridized carbons (Fsp3) is 0.368. The Bertz CT molecular complexity index is 957. The molecule has 0 aliphatic heterocycles. The number of carbonyl (C=O) groups excluding carboxylic acids is 1. The maximum Gasteiger partial charge on any atom is 0.340 e. The van der Waals surface area contributed by atoms with Crippen LogP contribution in [0.25, 0.3) is 10.9 Å². The number of imidazole rings is 1. The van der Waals surface area contributed by atoms with Crippen LogP contribution in [0.2, 0.25) is 5.15 Å². The molecule has 4 rings (SSSR count). The second kappa shape index (κ2) is 6.23. The molecule has 1 aliphatic carbocycles. The molecule has 130 valence electrons. The number of aromatic nitrogens is 3. The largest absolute Gasteiger partial charge is 0.454 e. The maximum absolute atomic E-state index is 12.6. The highest BCUT2D eigenvalue weighted by Crippen LogP contribution is 2.33. The first kappa shape index (κ1) is 16.2. The molecule has 1 N–H and O–H groups in total. The van der Waals surface area contributed by atoms with Crippen molar-refractivity contribution in [3.8, 4) is 0 Å². The smallest absolute Gasteiger partial charge is 0.340 e. The van der Waals surface area contributed by atoms with Crippen molar-refractivity contribution in [1.29, 1.82) is 0 Å². The summed E-state index contributed by atoms with van der Waals surface area (Å²) in [6.07, 6.45) is 4.82. The third-order valence-corrected chi connectivity index (χ3v) is 5.40. The Hall–Kier alpha value is -2.27. The summed E-state index contributed by atoms with van der Waals surface area (Å²) >= 11 is 5.96. The molecule has 0 spiro atoms. The van der Waals surface area contributed by atoms with E-state index in [9.17, 15) is 4.79 Å². The lowest BCUT2D eigenvalue weighted by Crippen LogP contribution is -2.09. The number of ether oxygens (including phenoxy) is 1. The summed E-state index contributed by atoms with van der Waals surface area (Å²) in [7, 11) is 1.79. The van der Waals surface area contributed by atoms with Crippen molar-refractivity contribution in [3.05, 3.63) is 52.2 Å². The zero-order valence-corrected chi connectivity index (χ0v) is 15.1. The number of para-hydroxylation sites is 1. The van der Waals surface area contributed by atoms with Crippen LogP contribution in [0, 0.1) is 5.92 Å². The summed E-state index contributed by atoms with van der Waals surface area (Å²) in [5, 5.41) is 1.65. The van der Waals surface area contributed by atoms with E-state index in [0.717, 1.165) is 23.7 Å². The number of nitrogens with zero attached hydrogens (tertiary/aromatic N) is 2. The molecule has 1 aliphatic rings. The molecule has 5 nitrogen and oxygen atoms in total. The van der Waals surface area contributed by atoms with Gasteiger partial charge in [-0.2, -0.15) is 0 Å². The molecule has 1 atom stereocenters. The van der Waals surface area contributed by atoms with Crippen LogP contribution in [0.1, 0.15) is 40.8 Å². The number of rotatable bonds is 3. The second-order valence-electron chi connectivity index (χ2n) is 6.79. The first-order valence-corrected chi connectivity index (χ1v) is 8.88. The topological polar surface area (TPSA) is 59.9 Å². The number of aromatic amines is 1. The number of hydrogen-bond acceptors (Lipinski definition) is 3. The molecule has 0 saturated carbocycles. The van der Waals surface area contributed by atoms with Crippen molar-refractivity contribution in [2.45, 2.75) is 32.8 Å². The molecule has 0 bridgehead atoms.